The molecule has 0 bridgehead atoms. The van der Waals surface area contributed by atoms with Crippen LogP contribution < -0.4 is 4.74 Å². The lowest BCUT2D eigenvalue weighted by Gasteiger charge is -2.18. The van der Waals surface area contributed by atoms with Crippen molar-refractivity contribution >= 4 is 11.6 Å². The molecule has 2 unspecified atom stereocenters. The van der Waals surface area contributed by atoms with Crippen LogP contribution >= 0.6 is 11.6 Å². The fourth-order valence-electron chi connectivity index (χ4n) is 2.72. The summed E-state index contributed by atoms with van der Waals surface area (Å²) in [4.78, 5) is 0. The van der Waals surface area contributed by atoms with Crippen LogP contribution in [0.3, 0.4) is 0 Å². The van der Waals surface area contributed by atoms with Gasteiger partial charge < -0.3 is 4.74 Å². The molecule has 2 heteroatoms. The minimum atomic E-state index is 0.232. The van der Waals surface area contributed by atoms with E-state index < -0.39 is 0 Å². The molecule has 1 nitrogen and oxygen atoms in total. The largest absolute Gasteiger partial charge is 0.491 e. The molecule has 0 heterocycles. The molecular weight excluding hydrogens is 244 g/mol. The highest BCUT2D eigenvalue weighted by Crippen LogP contribution is 2.35. The second-order valence-electron chi connectivity index (χ2n) is 5.55. The Hall–Kier alpha value is -0.690. The summed E-state index contributed by atoms with van der Waals surface area (Å²) < 4.78 is 5.77. The lowest BCUT2D eigenvalue weighted by molar-refractivity contribution is 0.242. The summed E-state index contributed by atoms with van der Waals surface area (Å²) in [6.45, 7) is 4.13. The fourth-order valence-corrected chi connectivity index (χ4v) is 3.09. The second kappa shape index (κ2) is 6.47. The predicted molar refractivity (Wildman–Crippen MR) is 77.7 cm³/mol. The van der Waals surface area contributed by atoms with Gasteiger partial charge in [-0.25, -0.2) is 0 Å². The second-order valence-corrected chi connectivity index (χ2v) is 6.17. The van der Waals surface area contributed by atoms with Crippen LogP contribution in [-0.2, 0) is 0 Å². The Bertz CT molecular complexity index is 375. The van der Waals surface area contributed by atoms with Gasteiger partial charge in [-0.1, -0.05) is 25.0 Å². The summed E-state index contributed by atoms with van der Waals surface area (Å²) in [5.74, 6) is 1.59. The molecule has 0 radical (unpaired) electrons. The Morgan fingerprint density at radius 1 is 1.22 bits per heavy atom. The summed E-state index contributed by atoms with van der Waals surface area (Å²) in [5, 5.41) is 0.340. The molecule has 1 aromatic rings. The zero-order valence-corrected chi connectivity index (χ0v) is 12.1. The smallest absolute Gasteiger partial charge is 0.119 e. The first-order valence-corrected chi connectivity index (χ1v) is 7.49. The van der Waals surface area contributed by atoms with E-state index in [2.05, 4.69) is 32.0 Å². The normalized spacial score (nSPS) is 24.9. The molecule has 18 heavy (non-hydrogen) atoms. The Balaban J connectivity index is 2.11. The van der Waals surface area contributed by atoms with Crippen molar-refractivity contribution in [2.24, 2.45) is 0 Å². The Morgan fingerprint density at radius 3 is 2.78 bits per heavy atom. The van der Waals surface area contributed by atoms with Gasteiger partial charge in [0.2, 0.25) is 0 Å². The van der Waals surface area contributed by atoms with Crippen LogP contribution in [0.25, 0.3) is 0 Å². The van der Waals surface area contributed by atoms with Gasteiger partial charge in [-0.15, -0.1) is 11.6 Å². The molecule has 1 fully saturated rings. The third-order valence-electron chi connectivity index (χ3n) is 3.56. The number of halogens is 1. The summed E-state index contributed by atoms with van der Waals surface area (Å²) in [6.07, 6.45) is 6.33. The number of hydrogen-bond acceptors (Lipinski definition) is 1. The van der Waals surface area contributed by atoms with Crippen LogP contribution in [0.4, 0.5) is 0 Å². The van der Waals surface area contributed by atoms with E-state index in [1.54, 1.807) is 0 Å². The van der Waals surface area contributed by atoms with Crippen molar-refractivity contribution in [3.05, 3.63) is 29.8 Å². The van der Waals surface area contributed by atoms with E-state index in [0.717, 1.165) is 12.2 Å². The molecule has 2 rings (SSSR count). The molecule has 0 spiro atoms. The van der Waals surface area contributed by atoms with Crippen LogP contribution in [0.2, 0.25) is 0 Å². The van der Waals surface area contributed by atoms with E-state index in [9.17, 15) is 0 Å². The lowest BCUT2D eigenvalue weighted by atomic mass is 9.91. The minimum absolute atomic E-state index is 0.232. The molecule has 1 aliphatic carbocycles. The van der Waals surface area contributed by atoms with Gasteiger partial charge in [-0.05, 0) is 56.7 Å². The molecule has 0 amide bonds. The van der Waals surface area contributed by atoms with Crippen molar-refractivity contribution in [2.75, 3.05) is 0 Å². The topological polar surface area (TPSA) is 9.23 Å². The van der Waals surface area contributed by atoms with Gasteiger partial charge in [-0.2, -0.15) is 0 Å². The summed E-state index contributed by atoms with van der Waals surface area (Å²) >= 11 is 6.36. The van der Waals surface area contributed by atoms with E-state index in [1.807, 2.05) is 6.07 Å². The van der Waals surface area contributed by atoms with Gasteiger partial charge in [0.1, 0.15) is 5.75 Å². The average Bonchev–Trinajstić information content (AvgIpc) is 2.53. The van der Waals surface area contributed by atoms with Gasteiger partial charge in [0.05, 0.1) is 6.10 Å². The summed E-state index contributed by atoms with van der Waals surface area (Å²) in [7, 11) is 0. The summed E-state index contributed by atoms with van der Waals surface area (Å²) in [5.41, 5.74) is 1.39. The highest BCUT2D eigenvalue weighted by Gasteiger charge is 2.20. The highest BCUT2D eigenvalue weighted by molar-refractivity contribution is 6.20. The molecule has 0 aromatic heterocycles. The number of hydrogen-bond donors (Lipinski definition) is 0. The third kappa shape index (κ3) is 3.91. The highest BCUT2D eigenvalue weighted by atomic mass is 35.5. The summed E-state index contributed by atoms with van der Waals surface area (Å²) in [6, 6.07) is 8.55. The van der Waals surface area contributed by atoms with Gasteiger partial charge in [0.25, 0.3) is 0 Å². The van der Waals surface area contributed by atoms with E-state index in [1.165, 1.54) is 31.2 Å². The van der Waals surface area contributed by atoms with Crippen LogP contribution in [0.15, 0.2) is 24.3 Å². The molecule has 1 aliphatic rings. The number of ether oxygens (including phenoxy) is 1. The first kappa shape index (κ1) is 13.7. The monoisotopic (exact) mass is 266 g/mol. The van der Waals surface area contributed by atoms with Crippen LogP contribution in [0.1, 0.15) is 57.4 Å². The molecular formula is C16H23ClO. The molecule has 0 aliphatic heterocycles. The van der Waals surface area contributed by atoms with Crippen molar-refractivity contribution in [2.45, 2.75) is 63.4 Å². The Kier molecular flexibility index (Phi) is 4.94. The first-order chi connectivity index (χ1) is 8.65. The molecule has 1 aromatic carbocycles. The molecule has 0 N–H and O–H groups in total. The minimum Gasteiger partial charge on any atom is -0.491 e. The number of rotatable bonds is 3. The van der Waals surface area contributed by atoms with Crippen LogP contribution in [0, 0.1) is 0 Å². The maximum Gasteiger partial charge on any atom is 0.119 e. The van der Waals surface area contributed by atoms with E-state index in [-0.39, 0.29) is 6.10 Å². The quantitative estimate of drug-likeness (QED) is 0.544. The molecule has 2 atom stereocenters. The van der Waals surface area contributed by atoms with Gasteiger partial charge in [-0.3, -0.25) is 0 Å². The van der Waals surface area contributed by atoms with Gasteiger partial charge >= 0.3 is 0 Å². The fraction of sp³-hybridized carbons (Fsp3) is 0.625. The zero-order valence-electron chi connectivity index (χ0n) is 11.4. The molecule has 0 saturated heterocycles. The van der Waals surface area contributed by atoms with Crippen molar-refractivity contribution in [1.82, 2.24) is 0 Å². The predicted octanol–water partition coefficient (Wildman–Crippen LogP) is 5.13. The first-order valence-electron chi connectivity index (χ1n) is 7.06. The van der Waals surface area contributed by atoms with E-state index >= 15 is 0 Å². The van der Waals surface area contributed by atoms with Gasteiger partial charge in [0, 0.05) is 5.38 Å². The Labute approximate surface area is 115 Å². The van der Waals surface area contributed by atoms with Crippen molar-refractivity contribution in [3.8, 4) is 5.75 Å². The Morgan fingerprint density at radius 2 is 2.00 bits per heavy atom. The maximum atomic E-state index is 6.36. The van der Waals surface area contributed by atoms with E-state index in [0.29, 0.717) is 11.3 Å². The third-order valence-corrected chi connectivity index (χ3v) is 3.96. The van der Waals surface area contributed by atoms with Crippen molar-refractivity contribution in [3.63, 3.8) is 0 Å². The standard InChI is InChI=1S/C16H23ClO/c1-12(2)18-16-9-5-7-14(11-16)13-6-3-4-8-15(17)10-13/h5,7,9,11-13,15H,3-4,6,8,10H2,1-2H3. The van der Waals surface area contributed by atoms with Crippen molar-refractivity contribution in [1.29, 1.82) is 0 Å². The maximum absolute atomic E-state index is 6.36. The van der Waals surface area contributed by atoms with Crippen LogP contribution in [0.5, 0.6) is 5.75 Å². The number of benzene rings is 1. The van der Waals surface area contributed by atoms with Crippen LogP contribution in [-0.4, -0.2) is 11.5 Å². The van der Waals surface area contributed by atoms with Gasteiger partial charge in [0.15, 0.2) is 0 Å². The SMILES string of the molecule is CC(C)Oc1cccc(C2CCCCC(Cl)C2)c1. The molecule has 1 saturated carbocycles. The lowest BCUT2D eigenvalue weighted by Crippen LogP contribution is -2.07. The number of alkyl halides is 1. The van der Waals surface area contributed by atoms with E-state index in [4.69, 9.17) is 16.3 Å². The average molecular weight is 267 g/mol. The zero-order chi connectivity index (χ0) is 13.0. The molecule has 100 valence electrons. The van der Waals surface area contributed by atoms with Crippen molar-refractivity contribution < 1.29 is 4.74 Å².